The quantitative estimate of drug-likeness (QED) is 0.478. The second kappa shape index (κ2) is 10.2. The Balaban J connectivity index is 1.44. The third kappa shape index (κ3) is 6.42. The minimum Gasteiger partial charge on any atom is -0.451 e. The zero-order valence-electron chi connectivity index (χ0n) is 16.2. The number of nitrogens with zero attached hydrogens (tertiary/aromatic N) is 1. The molecule has 1 aromatic heterocycles. The third-order valence-corrected chi connectivity index (χ3v) is 4.62. The van der Waals surface area contributed by atoms with Gasteiger partial charge >= 0.3 is 5.97 Å². The number of thiazole rings is 1. The van der Waals surface area contributed by atoms with Crippen molar-refractivity contribution in [3.05, 3.63) is 71.2 Å². The topological polar surface area (TPSA) is 109 Å². The first-order valence-electron chi connectivity index (χ1n) is 9.07. The standard InChI is InChI=1S/C21H20N4O4S/c1-14(26)23-16-7-9-17(10-8-16)24-19(27)12-29-20(28)18-13-30-21(25-18)22-11-15-5-3-2-4-6-15/h2-10,13H,11-12H2,1H3,(H,22,25)(H,23,26)(H,24,27). The van der Waals surface area contributed by atoms with Crippen molar-refractivity contribution < 1.29 is 19.1 Å². The van der Waals surface area contributed by atoms with E-state index in [4.69, 9.17) is 4.74 Å². The Morgan fingerprint density at radius 2 is 1.63 bits per heavy atom. The molecule has 0 fully saturated rings. The van der Waals surface area contributed by atoms with Crippen molar-refractivity contribution in [2.75, 3.05) is 22.6 Å². The molecule has 3 rings (SSSR count). The lowest BCUT2D eigenvalue weighted by atomic mass is 10.2. The summed E-state index contributed by atoms with van der Waals surface area (Å²) >= 11 is 1.29. The number of hydrogen-bond acceptors (Lipinski definition) is 7. The lowest BCUT2D eigenvalue weighted by Crippen LogP contribution is -2.21. The Bertz CT molecular complexity index is 1020. The molecule has 8 nitrogen and oxygen atoms in total. The Kier molecular flexibility index (Phi) is 7.12. The van der Waals surface area contributed by atoms with Crippen LogP contribution in [-0.4, -0.2) is 29.4 Å². The van der Waals surface area contributed by atoms with Crippen LogP contribution in [0, 0.1) is 0 Å². The van der Waals surface area contributed by atoms with Crippen LogP contribution in [0.15, 0.2) is 60.0 Å². The van der Waals surface area contributed by atoms with Crippen LogP contribution in [0.1, 0.15) is 23.0 Å². The van der Waals surface area contributed by atoms with Crippen molar-refractivity contribution in [1.29, 1.82) is 0 Å². The van der Waals surface area contributed by atoms with E-state index in [1.54, 1.807) is 29.6 Å². The number of carbonyl (C=O) groups is 3. The highest BCUT2D eigenvalue weighted by Gasteiger charge is 2.14. The molecule has 154 valence electrons. The maximum absolute atomic E-state index is 12.1. The zero-order valence-corrected chi connectivity index (χ0v) is 17.0. The fourth-order valence-corrected chi connectivity index (χ4v) is 3.14. The Morgan fingerprint density at radius 3 is 2.30 bits per heavy atom. The van der Waals surface area contributed by atoms with Gasteiger partial charge in [-0.15, -0.1) is 11.3 Å². The first-order chi connectivity index (χ1) is 14.5. The predicted octanol–water partition coefficient (Wildman–Crippen LogP) is 3.51. The Morgan fingerprint density at radius 1 is 0.967 bits per heavy atom. The summed E-state index contributed by atoms with van der Waals surface area (Å²) in [4.78, 5) is 39.3. The van der Waals surface area contributed by atoms with Gasteiger partial charge in [0.25, 0.3) is 5.91 Å². The van der Waals surface area contributed by atoms with Crippen molar-refractivity contribution in [3.8, 4) is 0 Å². The highest BCUT2D eigenvalue weighted by atomic mass is 32.1. The second-order valence-electron chi connectivity index (χ2n) is 6.26. The van der Waals surface area contributed by atoms with Gasteiger partial charge in [0.2, 0.25) is 5.91 Å². The number of nitrogens with one attached hydrogen (secondary N) is 3. The van der Waals surface area contributed by atoms with Crippen molar-refractivity contribution in [3.63, 3.8) is 0 Å². The van der Waals surface area contributed by atoms with Crippen LogP contribution in [0.25, 0.3) is 0 Å². The van der Waals surface area contributed by atoms with Crippen molar-refractivity contribution in [2.24, 2.45) is 0 Å². The predicted molar refractivity (Wildman–Crippen MR) is 116 cm³/mol. The number of ether oxygens (including phenoxy) is 1. The molecule has 30 heavy (non-hydrogen) atoms. The van der Waals surface area contributed by atoms with Gasteiger partial charge in [0.05, 0.1) is 0 Å². The monoisotopic (exact) mass is 424 g/mol. The van der Waals surface area contributed by atoms with E-state index in [0.29, 0.717) is 23.1 Å². The number of carbonyl (C=O) groups excluding carboxylic acids is 3. The summed E-state index contributed by atoms with van der Waals surface area (Å²) in [6.07, 6.45) is 0. The summed E-state index contributed by atoms with van der Waals surface area (Å²) in [5.41, 5.74) is 2.37. The molecule has 0 spiro atoms. The smallest absolute Gasteiger partial charge is 0.358 e. The van der Waals surface area contributed by atoms with E-state index in [1.807, 2.05) is 30.3 Å². The van der Waals surface area contributed by atoms with Gasteiger partial charge in [-0.3, -0.25) is 9.59 Å². The van der Waals surface area contributed by atoms with Crippen LogP contribution in [0.3, 0.4) is 0 Å². The SMILES string of the molecule is CC(=O)Nc1ccc(NC(=O)COC(=O)c2csc(NCc3ccccc3)n2)cc1. The van der Waals surface area contributed by atoms with E-state index in [1.165, 1.54) is 18.3 Å². The first-order valence-corrected chi connectivity index (χ1v) is 9.95. The lowest BCUT2D eigenvalue weighted by molar-refractivity contribution is -0.119. The van der Waals surface area contributed by atoms with Gasteiger partial charge in [-0.2, -0.15) is 0 Å². The fraction of sp³-hybridized carbons (Fsp3) is 0.143. The van der Waals surface area contributed by atoms with E-state index >= 15 is 0 Å². The van der Waals surface area contributed by atoms with Crippen LogP contribution in [0.5, 0.6) is 0 Å². The molecular formula is C21H20N4O4S. The molecule has 2 aromatic carbocycles. The molecule has 9 heteroatoms. The molecule has 3 N–H and O–H groups in total. The van der Waals surface area contributed by atoms with Crippen LogP contribution < -0.4 is 16.0 Å². The summed E-state index contributed by atoms with van der Waals surface area (Å²) in [5, 5.41) is 10.6. The van der Waals surface area contributed by atoms with Crippen LogP contribution >= 0.6 is 11.3 Å². The van der Waals surface area contributed by atoms with E-state index in [-0.39, 0.29) is 11.6 Å². The van der Waals surface area contributed by atoms with E-state index in [0.717, 1.165) is 5.56 Å². The van der Waals surface area contributed by atoms with Crippen molar-refractivity contribution >= 4 is 45.6 Å². The molecule has 0 aliphatic carbocycles. The van der Waals surface area contributed by atoms with Gasteiger partial charge in [-0.25, -0.2) is 9.78 Å². The summed E-state index contributed by atoms with van der Waals surface area (Å²) in [6.45, 7) is 1.57. The van der Waals surface area contributed by atoms with Crippen molar-refractivity contribution in [2.45, 2.75) is 13.5 Å². The highest BCUT2D eigenvalue weighted by molar-refractivity contribution is 7.13. The van der Waals surface area contributed by atoms with Crippen LogP contribution in [0.4, 0.5) is 16.5 Å². The van der Waals surface area contributed by atoms with Crippen LogP contribution in [-0.2, 0) is 20.9 Å². The maximum Gasteiger partial charge on any atom is 0.358 e. The zero-order chi connectivity index (χ0) is 21.3. The number of amides is 2. The van der Waals surface area contributed by atoms with E-state index < -0.39 is 18.5 Å². The number of anilines is 3. The summed E-state index contributed by atoms with van der Waals surface area (Å²) < 4.78 is 5.02. The fourth-order valence-electron chi connectivity index (χ4n) is 2.46. The maximum atomic E-state index is 12.1. The first kappa shape index (κ1) is 21.0. The molecule has 3 aromatic rings. The summed E-state index contributed by atoms with van der Waals surface area (Å²) in [5.74, 6) is -1.33. The second-order valence-corrected chi connectivity index (χ2v) is 7.12. The van der Waals surface area contributed by atoms with Gasteiger partial charge in [0, 0.05) is 30.2 Å². The third-order valence-electron chi connectivity index (χ3n) is 3.82. The molecular weight excluding hydrogens is 404 g/mol. The molecule has 0 radical (unpaired) electrons. The molecule has 0 bridgehead atoms. The molecule has 0 atom stereocenters. The molecule has 2 amide bonds. The highest BCUT2D eigenvalue weighted by Crippen LogP contribution is 2.17. The normalized spacial score (nSPS) is 10.2. The molecule has 0 saturated heterocycles. The number of hydrogen-bond donors (Lipinski definition) is 3. The number of esters is 1. The van der Waals surface area contributed by atoms with Gasteiger partial charge in [0.1, 0.15) is 0 Å². The lowest BCUT2D eigenvalue weighted by Gasteiger charge is -2.07. The average molecular weight is 424 g/mol. The Labute approximate surface area is 177 Å². The minimum absolute atomic E-state index is 0.142. The molecule has 0 unspecified atom stereocenters. The number of benzene rings is 2. The van der Waals surface area contributed by atoms with E-state index in [9.17, 15) is 14.4 Å². The van der Waals surface area contributed by atoms with Gasteiger partial charge in [0.15, 0.2) is 17.4 Å². The van der Waals surface area contributed by atoms with Crippen LogP contribution in [0.2, 0.25) is 0 Å². The van der Waals surface area contributed by atoms with Crippen molar-refractivity contribution in [1.82, 2.24) is 4.98 Å². The minimum atomic E-state index is -0.671. The summed E-state index contributed by atoms with van der Waals surface area (Å²) in [6, 6.07) is 16.4. The van der Waals surface area contributed by atoms with Gasteiger partial charge in [-0.05, 0) is 29.8 Å². The Hall–Kier alpha value is -3.72. The molecule has 0 aliphatic heterocycles. The molecule has 1 heterocycles. The number of aromatic nitrogens is 1. The average Bonchev–Trinajstić information content (AvgIpc) is 3.21. The molecule has 0 saturated carbocycles. The largest absolute Gasteiger partial charge is 0.451 e. The molecule has 0 aliphatic rings. The van der Waals surface area contributed by atoms with Gasteiger partial charge < -0.3 is 20.7 Å². The summed E-state index contributed by atoms with van der Waals surface area (Å²) in [7, 11) is 0. The number of rotatable bonds is 8. The van der Waals surface area contributed by atoms with E-state index in [2.05, 4.69) is 20.9 Å². The van der Waals surface area contributed by atoms with Gasteiger partial charge in [-0.1, -0.05) is 30.3 Å².